The van der Waals surface area contributed by atoms with Crippen LogP contribution in [0.3, 0.4) is 0 Å². The zero-order valence-electron chi connectivity index (χ0n) is 16.7. The van der Waals surface area contributed by atoms with Crippen molar-refractivity contribution in [3.63, 3.8) is 0 Å². The molecule has 0 fully saturated rings. The van der Waals surface area contributed by atoms with E-state index in [-0.39, 0.29) is 23.9 Å². The van der Waals surface area contributed by atoms with Gasteiger partial charge in [-0.15, -0.1) is 0 Å². The normalized spacial score (nSPS) is 10.8. The molecule has 8 heteroatoms. The Balaban J connectivity index is 1.54. The summed E-state index contributed by atoms with van der Waals surface area (Å²) in [4.78, 5) is 29.2. The first-order valence-corrected chi connectivity index (χ1v) is 10.5. The second kappa shape index (κ2) is 9.09. The van der Waals surface area contributed by atoms with Crippen LogP contribution in [0.4, 0.5) is 5.69 Å². The molecule has 4 rings (SSSR count). The molecule has 0 aliphatic carbocycles. The lowest BCUT2D eigenvalue weighted by molar-refractivity contribution is -0.116. The third-order valence-electron chi connectivity index (χ3n) is 4.75. The molecule has 0 radical (unpaired) electrons. The van der Waals surface area contributed by atoms with Crippen molar-refractivity contribution in [3.8, 4) is 22.8 Å². The second-order valence-corrected chi connectivity index (χ2v) is 7.79. The molecule has 0 bridgehead atoms. The maximum absolute atomic E-state index is 12.5. The minimum Gasteiger partial charge on any atom is -0.334 e. The van der Waals surface area contributed by atoms with Crippen LogP contribution in [0, 0.1) is 0 Å². The second-order valence-electron chi connectivity index (χ2n) is 6.87. The van der Waals surface area contributed by atoms with Gasteiger partial charge in [-0.05, 0) is 48.4 Å². The highest BCUT2D eigenvalue weighted by molar-refractivity contribution is 9.10. The molecule has 31 heavy (non-hydrogen) atoms. The van der Waals surface area contributed by atoms with Crippen molar-refractivity contribution in [1.82, 2.24) is 14.7 Å². The highest BCUT2D eigenvalue weighted by Gasteiger charge is 2.13. The smallest absolute Gasteiger partial charge is 0.259 e. The van der Waals surface area contributed by atoms with Crippen LogP contribution in [0.1, 0.15) is 12.5 Å². The lowest BCUT2D eigenvalue weighted by Crippen LogP contribution is -2.27. The van der Waals surface area contributed by atoms with E-state index < -0.39 is 0 Å². The molecule has 4 aromatic rings. The zero-order valence-corrected chi connectivity index (χ0v) is 18.3. The average Bonchev–Trinajstić information content (AvgIpc) is 3.26. The third-order valence-corrected chi connectivity index (χ3v) is 5.27. The summed E-state index contributed by atoms with van der Waals surface area (Å²) in [5, 5.41) is 6.88. The lowest BCUT2D eigenvalue weighted by atomic mass is 10.1. The minimum atomic E-state index is -0.296. The van der Waals surface area contributed by atoms with Gasteiger partial charge in [0.25, 0.3) is 11.4 Å². The number of benzene rings is 2. The van der Waals surface area contributed by atoms with Gasteiger partial charge in [-0.2, -0.15) is 4.98 Å². The Bertz CT molecular complexity index is 1280. The molecule has 1 N–H and O–H groups in total. The fourth-order valence-corrected chi connectivity index (χ4v) is 3.40. The van der Waals surface area contributed by atoms with Gasteiger partial charge in [0.05, 0.1) is 5.56 Å². The van der Waals surface area contributed by atoms with Crippen LogP contribution in [0.2, 0.25) is 0 Å². The Morgan fingerprint density at radius 1 is 1.06 bits per heavy atom. The molecule has 0 aliphatic rings. The number of pyridine rings is 1. The standard InChI is InChI=1S/C23H19BrN4O3/c1-2-15-5-3-4-6-19(15)25-20(29)14-28-13-17(9-12-21(28)30)23-26-22(27-31-23)16-7-10-18(24)11-8-16/h3-13H,2,14H2,1H3,(H,25,29). The van der Waals surface area contributed by atoms with Gasteiger partial charge in [0, 0.05) is 28.0 Å². The Kier molecular flexibility index (Phi) is 6.08. The molecule has 156 valence electrons. The lowest BCUT2D eigenvalue weighted by Gasteiger charge is -2.11. The number of aromatic nitrogens is 3. The maximum Gasteiger partial charge on any atom is 0.259 e. The zero-order chi connectivity index (χ0) is 21.8. The Labute approximate surface area is 186 Å². The fourth-order valence-electron chi connectivity index (χ4n) is 3.13. The van der Waals surface area contributed by atoms with Gasteiger partial charge < -0.3 is 14.4 Å². The van der Waals surface area contributed by atoms with E-state index in [0.29, 0.717) is 11.4 Å². The molecule has 0 saturated heterocycles. The van der Waals surface area contributed by atoms with Gasteiger partial charge in [0.2, 0.25) is 11.7 Å². The first kappa shape index (κ1) is 20.7. The Morgan fingerprint density at radius 3 is 2.58 bits per heavy atom. The Hall–Kier alpha value is -3.52. The van der Waals surface area contributed by atoms with E-state index in [0.717, 1.165) is 27.7 Å². The van der Waals surface area contributed by atoms with E-state index in [2.05, 4.69) is 31.4 Å². The van der Waals surface area contributed by atoms with Gasteiger partial charge in [0.15, 0.2) is 0 Å². The van der Waals surface area contributed by atoms with Gasteiger partial charge >= 0.3 is 0 Å². The molecule has 0 unspecified atom stereocenters. The summed E-state index contributed by atoms with van der Waals surface area (Å²) in [6, 6.07) is 18.1. The predicted molar refractivity (Wildman–Crippen MR) is 122 cm³/mol. The number of amides is 1. The van der Waals surface area contributed by atoms with Gasteiger partial charge in [-0.25, -0.2) is 0 Å². The van der Waals surface area contributed by atoms with E-state index in [1.807, 2.05) is 55.5 Å². The van der Waals surface area contributed by atoms with Crippen molar-refractivity contribution in [3.05, 3.63) is 87.3 Å². The van der Waals surface area contributed by atoms with Crippen LogP contribution >= 0.6 is 15.9 Å². The largest absolute Gasteiger partial charge is 0.334 e. The summed E-state index contributed by atoms with van der Waals surface area (Å²) in [6.07, 6.45) is 2.34. The molecular formula is C23H19BrN4O3. The van der Waals surface area contributed by atoms with Gasteiger partial charge in [-0.3, -0.25) is 9.59 Å². The number of anilines is 1. The monoisotopic (exact) mass is 478 g/mol. The van der Waals surface area contributed by atoms with Crippen LogP contribution < -0.4 is 10.9 Å². The minimum absolute atomic E-state index is 0.127. The Morgan fingerprint density at radius 2 is 1.81 bits per heavy atom. The molecule has 0 aliphatic heterocycles. The van der Waals surface area contributed by atoms with Gasteiger partial charge in [-0.1, -0.05) is 46.2 Å². The van der Waals surface area contributed by atoms with Crippen LogP contribution in [0.5, 0.6) is 0 Å². The van der Waals surface area contributed by atoms with E-state index in [9.17, 15) is 9.59 Å². The van der Waals surface area contributed by atoms with Crippen molar-refractivity contribution in [2.24, 2.45) is 0 Å². The SMILES string of the molecule is CCc1ccccc1NC(=O)Cn1cc(-c2nc(-c3ccc(Br)cc3)no2)ccc1=O. The third kappa shape index (κ3) is 4.80. The molecule has 7 nitrogen and oxygen atoms in total. The van der Waals surface area contributed by atoms with Crippen molar-refractivity contribution >= 4 is 27.5 Å². The summed E-state index contributed by atoms with van der Waals surface area (Å²) in [5.74, 6) is 0.416. The fraction of sp³-hybridized carbons (Fsp3) is 0.130. The van der Waals surface area contributed by atoms with Crippen molar-refractivity contribution in [2.75, 3.05) is 5.32 Å². The summed E-state index contributed by atoms with van der Waals surface area (Å²) >= 11 is 3.39. The highest BCUT2D eigenvalue weighted by Crippen LogP contribution is 2.23. The topological polar surface area (TPSA) is 90.0 Å². The average molecular weight is 479 g/mol. The van der Waals surface area contributed by atoms with Crippen LogP contribution in [-0.2, 0) is 17.8 Å². The summed E-state index contributed by atoms with van der Waals surface area (Å²) in [6.45, 7) is 1.89. The van der Waals surface area contributed by atoms with E-state index in [4.69, 9.17) is 4.52 Å². The van der Waals surface area contributed by atoms with Crippen molar-refractivity contribution < 1.29 is 9.32 Å². The number of aryl methyl sites for hydroxylation is 1. The number of nitrogens with zero attached hydrogens (tertiary/aromatic N) is 3. The molecular weight excluding hydrogens is 460 g/mol. The summed E-state index contributed by atoms with van der Waals surface area (Å²) in [7, 11) is 0. The van der Waals surface area contributed by atoms with Crippen molar-refractivity contribution in [1.29, 1.82) is 0 Å². The molecule has 0 spiro atoms. The number of hydrogen-bond donors (Lipinski definition) is 1. The van der Waals surface area contributed by atoms with Crippen LogP contribution in [0.15, 0.2) is 80.7 Å². The number of para-hydroxylation sites is 1. The molecule has 2 aromatic carbocycles. The first-order valence-electron chi connectivity index (χ1n) is 9.72. The number of hydrogen-bond acceptors (Lipinski definition) is 5. The van der Waals surface area contributed by atoms with E-state index in [1.54, 1.807) is 12.3 Å². The van der Waals surface area contributed by atoms with Crippen LogP contribution in [0.25, 0.3) is 22.8 Å². The van der Waals surface area contributed by atoms with E-state index >= 15 is 0 Å². The predicted octanol–water partition coefficient (Wildman–Crippen LogP) is 4.53. The number of nitrogens with one attached hydrogen (secondary N) is 1. The molecule has 0 saturated carbocycles. The summed E-state index contributed by atoms with van der Waals surface area (Å²) < 4.78 is 7.65. The number of halogens is 1. The molecule has 1 amide bonds. The van der Waals surface area contributed by atoms with Crippen molar-refractivity contribution in [2.45, 2.75) is 19.9 Å². The molecule has 2 heterocycles. The van der Waals surface area contributed by atoms with Crippen LogP contribution in [-0.4, -0.2) is 20.6 Å². The first-order chi connectivity index (χ1) is 15.0. The highest BCUT2D eigenvalue weighted by atomic mass is 79.9. The quantitative estimate of drug-likeness (QED) is 0.439. The van der Waals surface area contributed by atoms with E-state index in [1.165, 1.54) is 10.6 Å². The number of rotatable bonds is 6. The van der Waals surface area contributed by atoms with Gasteiger partial charge in [0.1, 0.15) is 6.54 Å². The number of carbonyl (C=O) groups is 1. The maximum atomic E-state index is 12.5. The molecule has 0 atom stereocenters. The molecule has 2 aromatic heterocycles. The number of carbonyl (C=O) groups excluding carboxylic acids is 1. The summed E-state index contributed by atoms with van der Waals surface area (Å²) in [5.41, 5.74) is 2.84.